The molecule has 0 amide bonds. The molecule has 4 heteroatoms. The Hall–Kier alpha value is 1.54. The molecule has 3 fully saturated rings. The second kappa shape index (κ2) is 11.5. The molecule has 0 bridgehead atoms. The average Bonchev–Trinajstić information content (AvgIpc) is 3.06. The number of aliphatic hydroxyl groups is 1. The molecule has 4 aliphatic rings. The van der Waals surface area contributed by atoms with Gasteiger partial charge in [0, 0.05) is 0 Å². The number of hydrogen-bond donors (Lipinski definition) is 1. The molecule has 31 heavy (non-hydrogen) atoms. The summed E-state index contributed by atoms with van der Waals surface area (Å²) in [6.45, 7) is 12.6. The van der Waals surface area contributed by atoms with Crippen molar-refractivity contribution >= 4 is 43.6 Å². The van der Waals surface area contributed by atoms with E-state index in [0.29, 0.717) is 10.8 Å². The summed E-state index contributed by atoms with van der Waals surface area (Å²) in [5, 5.41) is 10.2. The monoisotopic (exact) mass is 496 g/mol. The number of aliphatic hydroxyl groups excluding tert-OH is 1. The van der Waals surface area contributed by atoms with Crippen LogP contribution in [-0.2, 0) is 0 Å². The summed E-state index contributed by atoms with van der Waals surface area (Å²) in [6, 6.07) is 0. The van der Waals surface area contributed by atoms with E-state index in [-0.39, 0.29) is 6.10 Å². The van der Waals surface area contributed by atoms with E-state index >= 15 is 0 Å². The van der Waals surface area contributed by atoms with Gasteiger partial charge in [0.1, 0.15) is 0 Å². The zero-order valence-electron chi connectivity index (χ0n) is 20.8. The summed E-state index contributed by atoms with van der Waals surface area (Å²) in [6.07, 6.45) is 27.1. The van der Waals surface area contributed by atoms with Gasteiger partial charge in [0.2, 0.25) is 0 Å². The summed E-state index contributed by atoms with van der Waals surface area (Å²) in [4.78, 5) is 0. The van der Waals surface area contributed by atoms with Crippen LogP contribution in [-0.4, -0.2) is 42.1 Å². The fraction of sp³-hybridized carbons (Fsp3) is 0.926. The van der Waals surface area contributed by atoms with Crippen molar-refractivity contribution in [1.29, 1.82) is 0 Å². The third-order valence-corrected chi connectivity index (χ3v) is 10.3. The predicted molar refractivity (Wildman–Crippen MR) is 137 cm³/mol. The Kier molecular flexibility index (Phi) is 10.1. The first kappa shape index (κ1) is 27.1. The van der Waals surface area contributed by atoms with E-state index in [4.69, 9.17) is 12.8 Å². The molecule has 4 aliphatic carbocycles. The third-order valence-electron chi connectivity index (χ3n) is 10.3. The molecule has 4 rings (SSSR count). The molecule has 0 aromatic heterocycles. The Bertz CT molecular complexity index is 622. The first-order valence-electron chi connectivity index (χ1n) is 13.2. The van der Waals surface area contributed by atoms with Gasteiger partial charge in [-0.15, -0.1) is 0 Å². The minimum atomic E-state index is -0.931. The van der Waals surface area contributed by atoms with Crippen molar-refractivity contribution in [3.63, 3.8) is 0 Å². The van der Waals surface area contributed by atoms with Gasteiger partial charge in [-0.2, -0.15) is 0 Å². The summed E-state index contributed by atoms with van der Waals surface area (Å²) < 4.78 is 0. The van der Waals surface area contributed by atoms with Crippen LogP contribution in [0.1, 0.15) is 105 Å². The van der Waals surface area contributed by atoms with Crippen LogP contribution in [0.4, 0.5) is 0 Å². The standard InChI is InChI=1S/C27H46O.Ca.2ClH/c1-18(2)7-6-8-19(3)23-11-12-24-22-10-9-20-17-21(28)13-15-26(20,4)25(22)14-16-27(23,24)5;;;/h9,18-19,21-25,28H,6-8,10-17H2,1-5H3;;2*1H/q;+2;;/p-2/t19-,21+,22+,23-,24+,25+,26+,27-;;;/m1.../s1. The molecule has 0 aromatic carbocycles. The van der Waals surface area contributed by atoms with E-state index < -0.39 is 30.8 Å². The molecular weight excluding hydrogens is 451 g/mol. The van der Waals surface area contributed by atoms with Gasteiger partial charge in [0.25, 0.3) is 0 Å². The van der Waals surface area contributed by atoms with Crippen LogP contribution in [0.25, 0.3) is 0 Å². The Balaban J connectivity index is 0.000000858. The van der Waals surface area contributed by atoms with E-state index in [2.05, 4.69) is 40.7 Å². The fourth-order valence-corrected chi connectivity index (χ4v) is 8.67. The number of fused-ring (bicyclic) bond motifs is 5. The van der Waals surface area contributed by atoms with Gasteiger partial charge < -0.3 is 5.11 Å². The Labute approximate surface area is 216 Å². The molecule has 176 valence electrons. The Morgan fingerprint density at radius 1 is 1.03 bits per heavy atom. The van der Waals surface area contributed by atoms with Crippen LogP contribution in [0.2, 0.25) is 0 Å². The third kappa shape index (κ3) is 5.69. The summed E-state index contributed by atoms with van der Waals surface area (Å²) >= 11 is -0.931. The van der Waals surface area contributed by atoms with Crippen molar-refractivity contribution in [2.45, 2.75) is 111 Å². The molecule has 0 spiro atoms. The molecule has 0 unspecified atom stereocenters. The SMILES string of the molecule is CC(C)CCC[C@@H](C)[C@H]1CC[C@H]2[C@@H]3CC=C4C[C@@H](O)CC[C@]4(C)[C@H]3CC[C@]12C.[Cl][Ca][Cl]. The molecule has 0 heterocycles. The van der Waals surface area contributed by atoms with Gasteiger partial charge in [-0.05, 0) is 97.7 Å². The maximum atomic E-state index is 10.2. The van der Waals surface area contributed by atoms with E-state index in [9.17, 15) is 5.11 Å². The van der Waals surface area contributed by atoms with E-state index in [1.807, 2.05) is 0 Å². The zero-order chi connectivity index (χ0) is 22.8. The van der Waals surface area contributed by atoms with Gasteiger partial charge in [-0.25, -0.2) is 0 Å². The average molecular weight is 498 g/mol. The van der Waals surface area contributed by atoms with Crippen molar-refractivity contribution in [2.75, 3.05) is 0 Å². The van der Waals surface area contributed by atoms with Crippen LogP contribution >= 0.6 is 12.8 Å². The number of hydrogen-bond acceptors (Lipinski definition) is 1. The summed E-state index contributed by atoms with van der Waals surface area (Å²) in [7, 11) is 0. The van der Waals surface area contributed by atoms with Gasteiger partial charge in [-0.1, -0.05) is 65.5 Å². The van der Waals surface area contributed by atoms with Crippen molar-refractivity contribution in [3.05, 3.63) is 11.6 Å². The van der Waals surface area contributed by atoms with Crippen molar-refractivity contribution in [3.8, 4) is 0 Å². The topological polar surface area (TPSA) is 20.2 Å². The normalized spacial score (nSPS) is 42.4. The van der Waals surface area contributed by atoms with Gasteiger partial charge in [0.05, 0.1) is 6.10 Å². The van der Waals surface area contributed by atoms with E-state index in [1.165, 1.54) is 57.8 Å². The van der Waals surface area contributed by atoms with Gasteiger partial charge in [-0.3, -0.25) is 0 Å². The van der Waals surface area contributed by atoms with Crippen LogP contribution in [0.15, 0.2) is 11.6 Å². The molecular formula is C27H46CaCl2O. The minimum absolute atomic E-state index is 0.0766. The molecule has 0 saturated heterocycles. The number of halogens is 2. The molecule has 3 saturated carbocycles. The predicted octanol–water partition coefficient (Wildman–Crippen LogP) is 8.39. The van der Waals surface area contributed by atoms with Crippen LogP contribution < -0.4 is 0 Å². The van der Waals surface area contributed by atoms with Crippen LogP contribution in [0.5, 0.6) is 0 Å². The first-order chi connectivity index (χ1) is 14.7. The number of rotatable bonds is 5. The molecule has 8 atom stereocenters. The van der Waals surface area contributed by atoms with Crippen LogP contribution in [0, 0.1) is 46.3 Å². The van der Waals surface area contributed by atoms with Crippen LogP contribution in [0.3, 0.4) is 0 Å². The quantitative estimate of drug-likeness (QED) is 0.299. The summed E-state index contributed by atoms with van der Waals surface area (Å²) in [5.41, 5.74) is 2.60. The van der Waals surface area contributed by atoms with Gasteiger partial charge >= 0.3 is 43.6 Å². The summed E-state index contributed by atoms with van der Waals surface area (Å²) in [5.74, 6) is 5.46. The van der Waals surface area contributed by atoms with E-state index in [0.717, 1.165) is 48.3 Å². The molecule has 0 aromatic rings. The molecule has 1 nitrogen and oxygen atoms in total. The molecule has 0 aliphatic heterocycles. The van der Waals surface area contributed by atoms with Crippen molar-refractivity contribution in [1.82, 2.24) is 0 Å². The van der Waals surface area contributed by atoms with Crippen molar-refractivity contribution < 1.29 is 5.11 Å². The second-order valence-electron chi connectivity index (χ2n) is 12.3. The van der Waals surface area contributed by atoms with Crippen molar-refractivity contribution in [2.24, 2.45) is 46.3 Å². The zero-order valence-corrected chi connectivity index (χ0v) is 24.5. The Morgan fingerprint density at radius 2 is 1.74 bits per heavy atom. The molecule has 0 radical (unpaired) electrons. The molecule has 1 N–H and O–H groups in total. The second-order valence-corrected chi connectivity index (χ2v) is 15.9. The maximum absolute atomic E-state index is 10.2. The number of allylic oxidation sites excluding steroid dienone is 1. The fourth-order valence-electron chi connectivity index (χ4n) is 8.67. The van der Waals surface area contributed by atoms with Gasteiger partial charge in [0.15, 0.2) is 0 Å². The first-order valence-corrected chi connectivity index (χ1v) is 19.2. The van der Waals surface area contributed by atoms with E-state index in [1.54, 1.807) is 5.57 Å². The Morgan fingerprint density at radius 3 is 2.42 bits per heavy atom.